The fourth-order valence-electron chi connectivity index (χ4n) is 3.82. The predicted molar refractivity (Wildman–Crippen MR) is 95.1 cm³/mol. The van der Waals surface area contributed by atoms with Crippen molar-refractivity contribution in [2.75, 3.05) is 13.2 Å². The summed E-state index contributed by atoms with van der Waals surface area (Å²) in [6.45, 7) is 3.47. The molecule has 0 saturated heterocycles. The molecule has 4 rings (SSSR count). The Morgan fingerprint density at radius 2 is 1.92 bits per heavy atom. The number of ether oxygens (including phenoxy) is 2. The van der Waals surface area contributed by atoms with Gasteiger partial charge in [-0.3, -0.25) is 4.79 Å². The lowest BCUT2D eigenvalue weighted by Crippen LogP contribution is -2.38. The molecule has 25 heavy (non-hydrogen) atoms. The van der Waals surface area contributed by atoms with E-state index in [-0.39, 0.29) is 5.91 Å². The molecule has 1 aliphatic heterocycles. The van der Waals surface area contributed by atoms with Crippen LogP contribution >= 0.6 is 0 Å². The Hall–Kier alpha value is -2.24. The molecule has 0 radical (unpaired) electrons. The molecule has 6 heteroatoms. The highest BCUT2D eigenvalue weighted by molar-refractivity contribution is 5.84. The number of hydrogen-bond acceptors (Lipinski definition) is 4. The van der Waals surface area contributed by atoms with E-state index >= 15 is 0 Å². The Bertz CT molecular complexity index is 778. The fraction of sp³-hybridized carbons (Fsp3) is 0.579. The largest absolute Gasteiger partial charge is 0.486 e. The SMILES string of the molecule is CCc1nc2cc3c(cc2n1CC(=O)NC1CCCCC1)OCCO3. The molecule has 2 aromatic rings. The summed E-state index contributed by atoms with van der Waals surface area (Å²) in [6, 6.07) is 4.19. The third-order valence-corrected chi connectivity index (χ3v) is 5.08. The Kier molecular flexibility index (Phi) is 4.51. The summed E-state index contributed by atoms with van der Waals surface area (Å²) >= 11 is 0. The predicted octanol–water partition coefficient (Wildman–Crippen LogP) is 2.82. The molecule has 2 aliphatic rings. The van der Waals surface area contributed by atoms with Crippen molar-refractivity contribution in [3.8, 4) is 11.5 Å². The zero-order valence-electron chi connectivity index (χ0n) is 14.7. The first-order valence-electron chi connectivity index (χ1n) is 9.32. The van der Waals surface area contributed by atoms with Crippen LogP contribution in [0.1, 0.15) is 44.9 Å². The quantitative estimate of drug-likeness (QED) is 0.927. The monoisotopic (exact) mass is 343 g/mol. The molecule has 1 aliphatic carbocycles. The summed E-state index contributed by atoms with van der Waals surface area (Å²) in [7, 11) is 0. The molecule has 1 N–H and O–H groups in total. The van der Waals surface area contributed by atoms with Crippen LogP contribution in [0, 0.1) is 0 Å². The number of carbonyl (C=O) groups is 1. The van der Waals surface area contributed by atoms with Crippen molar-refractivity contribution < 1.29 is 14.3 Å². The zero-order chi connectivity index (χ0) is 17.2. The van der Waals surface area contributed by atoms with Gasteiger partial charge in [-0.25, -0.2) is 4.98 Å². The third-order valence-electron chi connectivity index (χ3n) is 5.08. The van der Waals surface area contributed by atoms with Crippen LogP contribution in [0.5, 0.6) is 11.5 Å². The van der Waals surface area contributed by atoms with Crippen molar-refractivity contribution in [2.24, 2.45) is 0 Å². The van der Waals surface area contributed by atoms with Crippen LogP contribution in [-0.2, 0) is 17.8 Å². The van der Waals surface area contributed by atoms with Crippen LogP contribution in [0.25, 0.3) is 11.0 Å². The molecule has 0 spiro atoms. The Morgan fingerprint density at radius 1 is 1.20 bits per heavy atom. The maximum atomic E-state index is 12.6. The summed E-state index contributed by atoms with van der Waals surface area (Å²) in [6.07, 6.45) is 6.67. The average molecular weight is 343 g/mol. The second-order valence-electron chi connectivity index (χ2n) is 6.85. The minimum Gasteiger partial charge on any atom is -0.486 e. The van der Waals surface area contributed by atoms with Gasteiger partial charge in [-0.2, -0.15) is 0 Å². The van der Waals surface area contributed by atoms with E-state index < -0.39 is 0 Å². The van der Waals surface area contributed by atoms with Crippen LogP contribution in [0.3, 0.4) is 0 Å². The third kappa shape index (κ3) is 3.30. The molecule has 2 heterocycles. The number of fused-ring (bicyclic) bond motifs is 2. The maximum Gasteiger partial charge on any atom is 0.240 e. The molecular formula is C19H25N3O3. The summed E-state index contributed by atoms with van der Waals surface area (Å²) in [5, 5.41) is 3.19. The highest BCUT2D eigenvalue weighted by Gasteiger charge is 2.20. The molecule has 1 saturated carbocycles. The molecular weight excluding hydrogens is 318 g/mol. The normalized spacial score (nSPS) is 17.6. The van der Waals surface area contributed by atoms with E-state index in [0.29, 0.717) is 25.8 Å². The number of amides is 1. The number of benzene rings is 1. The van der Waals surface area contributed by atoms with Gasteiger partial charge in [0.1, 0.15) is 25.6 Å². The van der Waals surface area contributed by atoms with Crippen molar-refractivity contribution in [1.82, 2.24) is 14.9 Å². The number of nitrogens with zero attached hydrogens (tertiary/aromatic N) is 2. The van der Waals surface area contributed by atoms with Gasteiger partial charge in [0.05, 0.1) is 11.0 Å². The first-order chi connectivity index (χ1) is 12.2. The van der Waals surface area contributed by atoms with E-state index in [0.717, 1.165) is 47.6 Å². The van der Waals surface area contributed by atoms with Crippen LogP contribution in [0.2, 0.25) is 0 Å². The molecule has 1 aromatic carbocycles. The number of carbonyl (C=O) groups excluding carboxylic acids is 1. The van der Waals surface area contributed by atoms with E-state index in [1.54, 1.807) is 0 Å². The molecule has 6 nitrogen and oxygen atoms in total. The minimum atomic E-state index is 0.0655. The minimum absolute atomic E-state index is 0.0655. The number of aryl methyl sites for hydroxylation is 1. The zero-order valence-corrected chi connectivity index (χ0v) is 14.7. The first-order valence-corrected chi connectivity index (χ1v) is 9.32. The summed E-state index contributed by atoms with van der Waals surface area (Å²) in [5.41, 5.74) is 1.78. The fourth-order valence-corrected chi connectivity index (χ4v) is 3.82. The standard InChI is InChI=1S/C19H25N3O3/c1-2-18-21-14-10-16-17(25-9-8-24-16)11-15(14)22(18)12-19(23)20-13-6-4-3-5-7-13/h10-11,13H,2-9,12H2,1H3,(H,20,23). The van der Waals surface area contributed by atoms with Crippen molar-refractivity contribution >= 4 is 16.9 Å². The number of aromatic nitrogens is 2. The van der Waals surface area contributed by atoms with Gasteiger partial charge >= 0.3 is 0 Å². The van der Waals surface area contributed by atoms with E-state index in [4.69, 9.17) is 9.47 Å². The molecule has 1 aromatic heterocycles. The second-order valence-corrected chi connectivity index (χ2v) is 6.85. The Balaban J connectivity index is 1.59. The number of nitrogens with one attached hydrogen (secondary N) is 1. The van der Waals surface area contributed by atoms with Gasteiger partial charge in [0.15, 0.2) is 11.5 Å². The van der Waals surface area contributed by atoms with Crippen LogP contribution in [-0.4, -0.2) is 34.7 Å². The molecule has 0 bridgehead atoms. The van der Waals surface area contributed by atoms with Crippen LogP contribution in [0.15, 0.2) is 12.1 Å². The molecule has 134 valence electrons. The van der Waals surface area contributed by atoms with Crippen molar-refractivity contribution in [1.29, 1.82) is 0 Å². The lowest BCUT2D eigenvalue weighted by molar-refractivity contribution is -0.122. The van der Waals surface area contributed by atoms with Gasteiger partial charge in [-0.1, -0.05) is 26.2 Å². The number of imidazole rings is 1. The van der Waals surface area contributed by atoms with E-state index in [9.17, 15) is 4.79 Å². The van der Waals surface area contributed by atoms with Gasteiger partial charge in [0, 0.05) is 24.6 Å². The molecule has 1 fully saturated rings. The smallest absolute Gasteiger partial charge is 0.240 e. The van der Waals surface area contributed by atoms with Gasteiger partial charge in [-0.05, 0) is 12.8 Å². The first kappa shape index (κ1) is 16.2. The van der Waals surface area contributed by atoms with Gasteiger partial charge in [0.25, 0.3) is 0 Å². The van der Waals surface area contributed by atoms with E-state index in [2.05, 4.69) is 17.2 Å². The van der Waals surface area contributed by atoms with Gasteiger partial charge < -0.3 is 19.4 Å². The Morgan fingerprint density at radius 3 is 2.64 bits per heavy atom. The topological polar surface area (TPSA) is 65.4 Å². The Labute approximate surface area is 147 Å². The lowest BCUT2D eigenvalue weighted by atomic mass is 9.95. The maximum absolute atomic E-state index is 12.6. The highest BCUT2D eigenvalue weighted by Crippen LogP contribution is 2.34. The number of hydrogen-bond donors (Lipinski definition) is 1. The summed E-state index contributed by atoms with van der Waals surface area (Å²) < 4.78 is 13.3. The number of rotatable bonds is 4. The van der Waals surface area contributed by atoms with E-state index in [1.165, 1.54) is 19.3 Å². The van der Waals surface area contributed by atoms with Crippen LogP contribution < -0.4 is 14.8 Å². The van der Waals surface area contributed by atoms with E-state index in [1.807, 2.05) is 16.7 Å². The molecule has 1 amide bonds. The van der Waals surface area contributed by atoms with Gasteiger partial charge in [0.2, 0.25) is 5.91 Å². The summed E-state index contributed by atoms with van der Waals surface area (Å²) in [4.78, 5) is 17.3. The lowest BCUT2D eigenvalue weighted by Gasteiger charge is -2.23. The van der Waals surface area contributed by atoms with Crippen LogP contribution in [0.4, 0.5) is 0 Å². The highest BCUT2D eigenvalue weighted by atomic mass is 16.6. The molecule has 0 atom stereocenters. The molecule has 0 unspecified atom stereocenters. The van der Waals surface area contributed by atoms with Crippen molar-refractivity contribution in [3.63, 3.8) is 0 Å². The average Bonchev–Trinajstić information content (AvgIpc) is 2.97. The van der Waals surface area contributed by atoms with Crippen molar-refractivity contribution in [3.05, 3.63) is 18.0 Å². The summed E-state index contributed by atoms with van der Waals surface area (Å²) in [5.74, 6) is 2.44. The van der Waals surface area contributed by atoms with Gasteiger partial charge in [-0.15, -0.1) is 0 Å². The van der Waals surface area contributed by atoms with Crippen molar-refractivity contribution in [2.45, 2.75) is 58.0 Å². The second kappa shape index (κ2) is 6.94.